The molecule has 0 rings (SSSR count). The van der Waals surface area contributed by atoms with E-state index < -0.39 is 41.8 Å². The van der Waals surface area contributed by atoms with Gasteiger partial charge in [0.25, 0.3) is 0 Å². The van der Waals surface area contributed by atoms with Gasteiger partial charge in [0, 0.05) is 0 Å². The molecule has 0 spiro atoms. The lowest BCUT2D eigenvalue weighted by Gasteiger charge is -2.26. The van der Waals surface area contributed by atoms with Crippen molar-refractivity contribution in [1.29, 1.82) is 0 Å². The summed E-state index contributed by atoms with van der Waals surface area (Å²) in [5.74, 6) is -2.83. The molecule has 0 fully saturated rings. The molecule has 0 aromatic rings. The lowest BCUT2D eigenvalue weighted by molar-refractivity contribution is -0.143. The van der Waals surface area contributed by atoms with Gasteiger partial charge >= 0.3 is 5.97 Å². The highest BCUT2D eigenvalue weighted by Crippen LogP contribution is 2.10. The summed E-state index contributed by atoms with van der Waals surface area (Å²) < 4.78 is 0. The van der Waals surface area contributed by atoms with Crippen LogP contribution in [0.4, 0.5) is 0 Å². The zero-order chi connectivity index (χ0) is 23.3. The summed E-state index contributed by atoms with van der Waals surface area (Å²) in [4.78, 5) is 48.3. The molecule has 10 nitrogen and oxygen atoms in total. The molecule has 0 aliphatic heterocycles. The van der Waals surface area contributed by atoms with E-state index in [0.29, 0.717) is 25.8 Å². The minimum atomic E-state index is -1.12. The minimum absolute atomic E-state index is 0.0762. The topological polar surface area (TPSA) is 177 Å². The quantitative estimate of drug-likeness (QED) is 0.194. The van der Waals surface area contributed by atoms with Crippen LogP contribution in [0.1, 0.15) is 59.8 Å². The second kappa shape index (κ2) is 14.7. The lowest BCUT2D eigenvalue weighted by atomic mass is 9.97. The third-order valence-electron chi connectivity index (χ3n) is 4.86. The molecule has 0 radical (unpaired) electrons. The minimum Gasteiger partial charge on any atom is -0.480 e. The van der Waals surface area contributed by atoms with Gasteiger partial charge in [0.15, 0.2) is 0 Å². The van der Waals surface area contributed by atoms with Crippen molar-refractivity contribution in [3.63, 3.8) is 0 Å². The fourth-order valence-corrected chi connectivity index (χ4v) is 2.82. The van der Waals surface area contributed by atoms with Gasteiger partial charge in [0.05, 0.1) is 12.6 Å². The van der Waals surface area contributed by atoms with E-state index in [0.717, 1.165) is 6.42 Å². The molecule has 0 aromatic carbocycles. The largest absolute Gasteiger partial charge is 0.480 e. The summed E-state index contributed by atoms with van der Waals surface area (Å²) in [6.07, 6.45) is 2.82. The fourth-order valence-electron chi connectivity index (χ4n) is 2.82. The van der Waals surface area contributed by atoms with Gasteiger partial charge in [-0.3, -0.25) is 14.4 Å². The van der Waals surface area contributed by atoms with E-state index in [-0.39, 0.29) is 24.8 Å². The van der Waals surface area contributed by atoms with Crippen LogP contribution in [-0.4, -0.2) is 60.0 Å². The first-order chi connectivity index (χ1) is 14.0. The van der Waals surface area contributed by atoms with Crippen LogP contribution < -0.4 is 27.4 Å². The first-order valence-corrected chi connectivity index (χ1v) is 10.6. The second-order valence-electron chi connectivity index (χ2n) is 8.07. The van der Waals surface area contributed by atoms with E-state index in [1.807, 2.05) is 20.8 Å². The monoisotopic (exact) mass is 429 g/mol. The number of carbonyl (C=O) groups excluding carboxylic acids is 3. The number of carbonyl (C=O) groups is 4. The van der Waals surface area contributed by atoms with Gasteiger partial charge in [-0.25, -0.2) is 4.79 Å². The zero-order valence-corrected chi connectivity index (χ0v) is 18.6. The van der Waals surface area contributed by atoms with E-state index in [4.69, 9.17) is 11.5 Å². The predicted molar refractivity (Wildman–Crippen MR) is 114 cm³/mol. The van der Waals surface area contributed by atoms with E-state index >= 15 is 0 Å². The van der Waals surface area contributed by atoms with E-state index in [9.17, 15) is 24.3 Å². The number of aliphatic carboxylic acids is 1. The van der Waals surface area contributed by atoms with Crippen molar-refractivity contribution < 1.29 is 24.3 Å². The number of nitrogens with two attached hydrogens (primary N) is 2. The molecule has 8 N–H and O–H groups in total. The number of hydrogen-bond acceptors (Lipinski definition) is 6. The van der Waals surface area contributed by atoms with Crippen LogP contribution in [0.3, 0.4) is 0 Å². The van der Waals surface area contributed by atoms with Crippen LogP contribution in [-0.2, 0) is 19.2 Å². The number of amides is 3. The average molecular weight is 430 g/mol. The van der Waals surface area contributed by atoms with Crippen molar-refractivity contribution >= 4 is 23.7 Å². The highest BCUT2D eigenvalue weighted by Gasteiger charge is 2.30. The highest BCUT2D eigenvalue weighted by atomic mass is 16.4. The van der Waals surface area contributed by atoms with Crippen LogP contribution >= 0.6 is 0 Å². The van der Waals surface area contributed by atoms with Gasteiger partial charge in [-0.15, -0.1) is 0 Å². The fraction of sp³-hybridized carbons (Fsp3) is 0.800. The normalized spacial score (nSPS) is 15.0. The van der Waals surface area contributed by atoms with Crippen LogP contribution in [0.5, 0.6) is 0 Å². The molecule has 3 amide bonds. The van der Waals surface area contributed by atoms with Crippen LogP contribution in [0.15, 0.2) is 0 Å². The molecule has 0 saturated carbocycles. The number of carboxylic acids is 1. The maximum absolute atomic E-state index is 12.7. The molecular formula is C20H39N5O5. The van der Waals surface area contributed by atoms with E-state index in [2.05, 4.69) is 16.0 Å². The van der Waals surface area contributed by atoms with Crippen molar-refractivity contribution in [2.75, 3.05) is 13.1 Å². The predicted octanol–water partition coefficient (Wildman–Crippen LogP) is -0.295. The van der Waals surface area contributed by atoms with Gasteiger partial charge in [0.2, 0.25) is 17.7 Å². The zero-order valence-electron chi connectivity index (χ0n) is 18.6. The Bertz CT molecular complexity index is 570. The average Bonchev–Trinajstić information content (AvgIpc) is 2.68. The van der Waals surface area contributed by atoms with Gasteiger partial charge in [-0.05, 0) is 37.6 Å². The molecule has 0 aliphatic rings. The van der Waals surface area contributed by atoms with E-state index in [1.54, 1.807) is 6.92 Å². The maximum Gasteiger partial charge on any atom is 0.326 e. The standard InChI is InChI=1S/C20H39N5O5/c1-5-13(4)17(19(28)24-15(20(29)30)10-12(2)3)25-16(26)11-23-18(27)14(22)8-6-7-9-21/h12-15,17H,5-11,21-22H2,1-4H3,(H,23,27)(H,24,28)(H,25,26)(H,29,30)/t13-,14-,15-,17-/m0/s1. The molecular weight excluding hydrogens is 390 g/mol. The van der Waals surface area contributed by atoms with Crippen LogP contribution in [0.25, 0.3) is 0 Å². The number of nitrogens with one attached hydrogen (secondary N) is 3. The molecule has 174 valence electrons. The van der Waals surface area contributed by atoms with Crippen LogP contribution in [0, 0.1) is 11.8 Å². The van der Waals surface area contributed by atoms with Crippen molar-refractivity contribution in [3.8, 4) is 0 Å². The summed E-state index contributed by atoms with van der Waals surface area (Å²) in [5, 5.41) is 16.9. The Morgan fingerprint density at radius 2 is 1.63 bits per heavy atom. The lowest BCUT2D eigenvalue weighted by Crippen LogP contribution is -2.56. The number of carboxylic acid groups (broad SMARTS) is 1. The number of rotatable bonds is 15. The molecule has 10 heteroatoms. The Balaban J connectivity index is 4.84. The van der Waals surface area contributed by atoms with Gasteiger partial charge < -0.3 is 32.5 Å². The first kappa shape index (κ1) is 27.8. The molecule has 4 atom stereocenters. The molecule has 0 unspecified atom stereocenters. The first-order valence-electron chi connectivity index (χ1n) is 10.6. The molecule has 0 saturated heterocycles. The smallest absolute Gasteiger partial charge is 0.326 e. The highest BCUT2D eigenvalue weighted by molar-refractivity contribution is 5.92. The summed E-state index contributed by atoms with van der Waals surface area (Å²) in [6, 6.07) is -2.68. The second-order valence-corrected chi connectivity index (χ2v) is 8.07. The molecule has 0 aliphatic carbocycles. The molecule has 0 aromatic heterocycles. The molecule has 30 heavy (non-hydrogen) atoms. The SMILES string of the molecule is CC[C@H](C)[C@H](NC(=O)CNC(=O)[C@@H](N)CCCCN)C(=O)N[C@@H](CC(C)C)C(=O)O. The van der Waals surface area contributed by atoms with Crippen molar-refractivity contribution in [3.05, 3.63) is 0 Å². The van der Waals surface area contributed by atoms with Crippen LogP contribution in [0.2, 0.25) is 0 Å². The molecule has 0 bridgehead atoms. The van der Waals surface area contributed by atoms with Gasteiger partial charge in [0.1, 0.15) is 12.1 Å². The van der Waals surface area contributed by atoms with Crippen molar-refractivity contribution in [1.82, 2.24) is 16.0 Å². The Hall–Kier alpha value is -2.20. The van der Waals surface area contributed by atoms with Crippen molar-refractivity contribution in [2.24, 2.45) is 23.3 Å². The van der Waals surface area contributed by atoms with Gasteiger partial charge in [-0.1, -0.05) is 40.5 Å². The summed E-state index contributed by atoms with van der Waals surface area (Å²) in [5.41, 5.74) is 11.2. The Kier molecular flexibility index (Phi) is 13.7. The van der Waals surface area contributed by atoms with Gasteiger partial charge in [-0.2, -0.15) is 0 Å². The Labute approximate surface area is 178 Å². The summed E-state index contributed by atoms with van der Waals surface area (Å²) in [7, 11) is 0. The van der Waals surface area contributed by atoms with E-state index in [1.165, 1.54) is 0 Å². The molecule has 0 heterocycles. The summed E-state index contributed by atoms with van der Waals surface area (Å²) >= 11 is 0. The Morgan fingerprint density at radius 3 is 2.13 bits per heavy atom. The van der Waals surface area contributed by atoms with Crippen molar-refractivity contribution in [2.45, 2.75) is 77.9 Å². The number of unbranched alkanes of at least 4 members (excludes halogenated alkanes) is 1. The number of hydrogen-bond donors (Lipinski definition) is 6. The third-order valence-corrected chi connectivity index (χ3v) is 4.86. The maximum atomic E-state index is 12.7. The third kappa shape index (κ3) is 11.1. The summed E-state index contributed by atoms with van der Waals surface area (Å²) in [6.45, 7) is 7.57. The Morgan fingerprint density at radius 1 is 1.00 bits per heavy atom.